The average Bonchev–Trinajstić information content (AvgIpc) is 2.29. The zero-order chi connectivity index (χ0) is 13.4. The molecule has 0 bridgehead atoms. The van der Waals surface area contributed by atoms with E-state index in [2.05, 4.69) is 5.32 Å². The Labute approximate surface area is 155 Å². The average molecular weight is 407 g/mol. The van der Waals surface area contributed by atoms with Gasteiger partial charge in [-0.1, -0.05) is 36.4 Å². The first-order valence-corrected chi connectivity index (χ1v) is 6.42. The summed E-state index contributed by atoms with van der Waals surface area (Å²) in [6, 6.07) is 20.3. The van der Waals surface area contributed by atoms with Crippen LogP contribution in [-0.4, -0.2) is 66.4 Å². The molecular formula is C12H15BaNO4S. The molecule has 100 valence electrons. The quantitative estimate of drug-likeness (QED) is 0.527. The molecule has 0 amide bonds. The van der Waals surface area contributed by atoms with Gasteiger partial charge in [-0.25, -0.2) is 0 Å². The van der Waals surface area contributed by atoms with Crippen LogP contribution >= 0.6 is 0 Å². The van der Waals surface area contributed by atoms with Gasteiger partial charge in [-0.3, -0.25) is 9.11 Å². The molecule has 2 rings (SSSR count). The second kappa shape index (κ2) is 9.56. The number of hydrogen-bond acceptors (Lipinski definition) is 3. The Balaban J connectivity index is -0.000000360. The zero-order valence-corrected chi connectivity index (χ0v) is 15.4. The third-order valence-electron chi connectivity index (χ3n) is 1.84. The van der Waals surface area contributed by atoms with E-state index in [0.29, 0.717) is 0 Å². The van der Waals surface area contributed by atoms with Crippen molar-refractivity contribution in [2.45, 2.75) is 0 Å². The number of benzene rings is 2. The van der Waals surface area contributed by atoms with Crippen molar-refractivity contribution in [1.29, 1.82) is 0 Å². The first-order chi connectivity index (χ1) is 8.45. The minimum absolute atomic E-state index is 0. The second-order valence-corrected chi connectivity index (χ2v) is 4.20. The fourth-order valence-electron chi connectivity index (χ4n) is 1.21. The van der Waals surface area contributed by atoms with Gasteiger partial charge in [0.25, 0.3) is 0 Å². The normalized spacial score (nSPS) is 9.58. The molecule has 0 fully saturated rings. The standard InChI is InChI=1S/C12H11N.Ba.H2O4S.2H/c1-3-7-11(8-4-1)13-12-9-5-2-6-10-12;;1-5(2,3)4;;/h1-10,13H;;(H2,1,2,3,4);;/q;+2;;2*-1. The Morgan fingerprint density at radius 1 is 0.789 bits per heavy atom. The summed E-state index contributed by atoms with van der Waals surface area (Å²) < 4.78 is 31.6. The molecule has 0 radical (unpaired) electrons. The molecule has 0 spiro atoms. The van der Waals surface area contributed by atoms with Gasteiger partial charge in [0.2, 0.25) is 0 Å². The van der Waals surface area contributed by atoms with Gasteiger partial charge in [-0.2, -0.15) is 8.42 Å². The predicted molar refractivity (Wildman–Crippen MR) is 78.3 cm³/mol. The molecule has 5 nitrogen and oxygen atoms in total. The van der Waals surface area contributed by atoms with Crippen LogP contribution in [0.2, 0.25) is 0 Å². The van der Waals surface area contributed by atoms with Crippen LogP contribution < -0.4 is 5.32 Å². The number of nitrogens with one attached hydrogen (secondary N) is 1. The summed E-state index contributed by atoms with van der Waals surface area (Å²) in [5.74, 6) is 0. The maximum atomic E-state index is 8.74. The molecule has 2 aromatic carbocycles. The molecular weight excluding hydrogens is 392 g/mol. The van der Waals surface area contributed by atoms with E-state index in [1.165, 1.54) is 0 Å². The molecule has 0 aromatic heterocycles. The van der Waals surface area contributed by atoms with Crippen LogP contribution in [-0.2, 0) is 10.4 Å². The summed E-state index contributed by atoms with van der Waals surface area (Å²) in [4.78, 5) is 0. The molecule has 0 saturated carbocycles. The van der Waals surface area contributed by atoms with Crippen LogP contribution in [0.15, 0.2) is 60.7 Å². The number of para-hydroxylation sites is 2. The fraction of sp³-hybridized carbons (Fsp3) is 0. The summed E-state index contributed by atoms with van der Waals surface area (Å²) in [6.07, 6.45) is 0. The third-order valence-corrected chi connectivity index (χ3v) is 1.84. The van der Waals surface area contributed by atoms with Crippen molar-refractivity contribution >= 4 is 70.7 Å². The summed E-state index contributed by atoms with van der Waals surface area (Å²) in [5.41, 5.74) is 2.24. The Morgan fingerprint density at radius 2 is 1.05 bits per heavy atom. The first-order valence-electron chi connectivity index (χ1n) is 5.02. The second-order valence-electron chi connectivity index (χ2n) is 3.30. The number of rotatable bonds is 2. The monoisotopic (exact) mass is 407 g/mol. The van der Waals surface area contributed by atoms with Crippen molar-refractivity contribution in [3.8, 4) is 0 Å². The van der Waals surface area contributed by atoms with Gasteiger partial charge in [0.15, 0.2) is 0 Å². The van der Waals surface area contributed by atoms with Gasteiger partial charge in [0.05, 0.1) is 0 Å². The van der Waals surface area contributed by atoms with E-state index < -0.39 is 10.4 Å². The molecule has 0 atom stereocenters. The molecule has 0 aliphatic carbocycles. The van der Waals surface area contributed by atoms with E-state index >= 15 is 0 Å². The van der Waals surface area contributed by atoms with Crippen LogP contribution in [0, 0.1) is 0 Å². The van der Waals surface area contributed by atoms with Crippen LogP contribution in [0.1, 0.15) is 2.85 Å². The molecule has 7 heteroatoms. The van der Waals surface area contributed by atoms with E-state index in [1.54, 1.807) is 0 Å². The van der Waals surface area contributed by atoms with Gasteiger partial charge < -0.3 is 8.17 Å². The Kier molecular flexibility index (Phi) is 9.40. The van der Waals surface area contributed by atoms with Crippen LogP contribution in [0.25, 0.3) is 0 Å². The molecule has 0 aliphatic rings. The molecule has 3 N–H and O–H groups in total. The van der Waals surface area contributed by atoms with Crippen molar-refractivity contribution in [1.82, 2.24) is 0 Å². The Bertz CT molecular complexity index is 525. The smallest absolute Gasteiger partial charge is 1.00 e. The van der Waals surface area contributed by atoms with E-state index in [-0.39, 0.29) is 51.7 Å². The topological polar surface area (TPSA) is 86.6 Å². The molecule has 0 saturated heterocycles. The van der Waals surface area contributed by atoms with E-state index in [4.69, 9.17) is 17.5 Å². The predicted octanol–water partition coefficient (Wildman–Crippen LogP) is 2.62. The van der Waals surface area contributed by atoms with Crippen LogP contribution in [0.3, 0.4) is 0 Å². The summed E-state index contributed by atoms with van der Waals surface area (Å²) in [6.45, 7) is 0. The summed E-state index contributed by atoms with van der Waals surface area (Å²) >= 11 is 0. The molecule has 2 aromatic rings. The third kappa shape index (κ3) is 11.2. The van der Waals surface area contributed by atoms with Crippen molar-refractivity contribution in [2.24, 2.45) is 0 Å². The minimum Gasteiger partial charge on any atom is -1.00 e. The van der Waals surface area contributed by atoms with Gasteiger partial charge >= 0.3 is 59.3 Å². The van der Waals surface area contributed by atoms with E-state index in [9.17, 15) is 0 Å². The molecule has 0 heterocycles. The Morgan fingerprint density at radius 3 is 1.32 bits per heavy atom. The minimum atomic E-state index is -4.67. The largest absolute Gasteiger partial charge is 2.00 e. The Hall–Kier alpha value is -0.319. The summed E-state index contributed by atoms with van der Waals surface area (Å²) in [7, 11) is -4.67. The van der Waals surface area contributed by atoms with Crippen molar-refractivity contribution in [3.63, 3.8) is 0 Å². The van der Waals surface area contributed by atoms with E-state index in [1.807, 2.05) is 60.7 Å². The summed E-state index contributed by atoms with van der Waals surface area (Å²) in [5, 5.41) is 3.30. The van der Waals surface area contributed by atoms with Crippen LogP contribution in [0.4, 0.5) is 11.4 Å². The molecule has 0 unspecified atom stereocenters. The van der Waals surface area contributed by atoms with Gasteiger partial charge in [0, 0.05) is 11.4 Å². The SMILES string of the molecule is O=S(=O)(O)O.[Ba+2].[H-].[H-].c1ccc(Nc2ccccc2)cc1. The molecule has 19 heavy (non-hydrogen) atoms. The van der Waals surface area contributed by atoms with Crippen molar-refractivity contribution in [2.75, 3.05) is 5.32 Å². The maximum absolute atomic E-state index is 8.74. The zero-order valence-electron chi connectivity index (χ0n) is 12.1. The van der Waals surface area contributed by atoms with Gasteiger partial charge in [-0.15, -0.1) is 0 Å². The van der Waals surface area contributed by atoms with Crippen LogP contribution in [0.5, 0.6) is 0 Å². The van der Waals surface area contributed by atoms with E-state index in [0.717, 1.165) is 11.4 Å². The fourth-order valence-corrected chi connectivity index (χ4v) is 1.21. The first kappa shape index (κ1) is 18.7. The maximum Gasteiger partial charge on any atom is 2.00 e. The number of anilines is 2. The van der Waals surface area contributed by atoms with Crippen molar-refractivity contribution < 1.29 is 20.4 Å². The van der Waals surface area contributed by atoms with Gasteiger partial charge in [-0.05, 0) is 24.3 Å². The molecule has 0 aliphatic heterocycles. The van der Waals surface area contributed by atoms with Crippen molar-refractivity contribution in [3.05, 3.63) is 60.7 Å². The number of hydrogen-bond donors (Lipinski definition) is 3. The van der Waals surface area contributed by atoms with Gasteiger partial charge in [0.1, 0.15) is 0 Å².